The third-order valence-corrected chi connectivity index (χ3v) is 11.0. The van der Waals surface area contributed by atoms with E-state index in [2.05, 4.69) is 6.92 Å². The maximum absolute atomic E-state index is 13.1. The van der Waals surface area contributed by atoms with Crippen molar-refractivity contribution in [1.82, 2.24) is 0 Å². The second-order valence-electron chi connectivity index (χ2n) is 13.8. The molecule has 4 N–H and O–H groups in total. The largest absolute Gasteiger partial charge is 0.513 e. The fourth-order valence-corrected chi connectivity index (χ4v) is 8.62. The first-order valence-corrected chi connectivity index (χ1v) is 15.8. The number of hydrogen-bond donors (Lipinski definition) is 4. The quantitative estimate of drug-likeness (QED) is 0.168. The Hall–Kier alpha value is -1.70. The van der Waals surface area contributed by atoms with E-state index in [4.69, 9.17) is 4.74 Å². The van der Waals surface area contributed by atoms with Crippen LogP contribution in [0.3, 0.4) is 0 Å². The van der Waals surface area contributed by atoms with E-state index in [1.807, 2.05) is 13.8 Å². The van der Waals surface area contributed by atoms with Crippen LogP contribution in [0.15, 0.2) is 23.5 Å². The molecule has 0 aliphatic heterocycles. The van der Waals surface area contributed by atoms with Crippen molar-refractivity contribution in [3.8, 4) is 0 Å². The fourth-order valence-electron chi connectivity index (χ4n) is 8.62. The summed E-state index contributed by atoms with van der Waals surface area (Å²) in [5.41, 5.74) is -5.24. The van der Waals surface area contributed by atoms with Crippen LogP contribution >= 0.6 is 0 Å². The Morgan fingerprint density at radius 2 is 1.52 bits per heavy atom. The Morgan fingerprint density at radius 3 is 2.10 bits per heavy atom. The number of fused-ring (bicyclic) bond motifs is 5. The average Bonchev–Trinajstić information content (AvgIpc) is 3.32. The summed E-state index contributed by atoms with van der Waals surface area (Å²) in [5, 5.41) is 46.2. The van der Waals surface area contributed by atoms with Gasteiger partial charge in [-0.3, -0.25) is 9.59 Å². The Labute approximate surface area is 240 Å². The van der Waals surface area contributed by atoms with Gasteiger partial charge in [-0.1, -0.05) is 98.0 Å². The number of Topliss-reactive ketones (excluding diaryl/α,β-unsaturated/α-hetero) is 1. The summed E-state index contributed by atoms with van der Waals surface area (Å²) in [6.07, 6.45) is 14.9. The lowest BCUT2D eigenvalue weighted by molar-refractivity contribution is -0.219. The zero-order valence-electron chi connectivity index (χ0n) is 25.2. The summed E-state index contributed by atoms with van der Waals surface area (Å²) in [6, 6.07) is 0. The molecule has 226 valence electrons. The predicted molar refractivity (Wildman–Crippen MR) is 153 cm³/mol. The molecule has 0 aromatic rings. The maximum atomic E-state index is 13.1. The van der Waals surface area contributed by atoms with Crippen LogP contribution in [0.1, 0.15) is 118 Å². The molecule has 4 aliphatic rings. The molecule has 0 radical (unpaired) electrons. The minimum atomic E-state index is -1.98. The predicted octanol–water partition coefficient (Wildman–Crippen LogP) is 5.71. The van der Waals surface area contributed by atoms with Gasteiger partial charge in [0.2, 0.25) is 0 Å². The number of aliphatic hydroxyl groups is 4. The van der Waals surface area contributed by atoms with Gasteiger partial charge in [0.05, 0.1) is 17.5 Å². The van der Waals surface area contributed by atoms with Gasteiger partial charge in [-0.05, 0) is 25.0 Å². The van der Waals surface area contributed by atoms with Crippen LogP contribution in [0.25, 0.3) is 0 Å². The van der Waals surface area contributed by atoms with Gasteiger partial charge < -0.3 is 25.2 Å². The van der Waals surface area contributed by atoms with Crippen molar-refractivity contribution in [3.63, 3.8) is 0 Å². The number of ether oxygens (including phenoxy) is 1. The van der Waals surface area contributed by atoms with E-state index >= 15 is 0 Å². The molecule has 0 aromatic carbocycles. The molecule has 0 unspecified atom stereocenters. The molecule has 2 saturated carbocycles. The van der Waals surface area contributed by atoms with E-state index in [1.54, 1.807) is 19.9 Å². The third-order valence-electron chi connectivity index (χ3n) is 11.0. The Balaban J connectivity index is 1.39. The number of rotatable bonds is 13. The Morgan fingerprint density at radius 1 is 0.975 bits per heavy atom. The lowest BCUT2D eigenvalue weighted by atomic mass is 9.59. The first-order valence-electron chi connectivity index (χ1n) is 15.8. The molecular weight excluding hydrogens is 508 g/mol. The van der Waals surface area contributed by atoms with Crippen LogP contribution in [0.4, 0.5) is 0 Å². The number of carbonyl (C=O) groups is 2. The number of aliphatic hydroxyl groups excluding tert-OH is 2. The average molecular weight is 561 g/mol. The molecule has 7 nitrogen and oxygen atoms in total. The van der Waals surface area contributed by atoms with Crippen LogP contribution in [0.2, 0.25) is 0 Å². The molecule has 7 heteroatoms. The minimum Gasteiger partial charge on any atom is -0.513 e. The molecule has 4 aliphatic carbocycles. The van der Waals surface area contributed by atoms with Gasteiger partial charge in [-0.25, -0.2) is 0 Å². The summed E-state index contributed by atoms with van der Waals surface area (Å²) in [7, 11) is 0. The highest BCUT2D eigenvalue weighted by Gasteiger charge is 2.86. The maximum Gasteiger partial charge on any atom is 0.306 e. The molecule has 4 rings (SSSR count). The van der Waals surface area contributed by atoms with Gasteiger partial charge in [0.1, 0.15) is 11.2 Å². The molecule has 0 bridgehead atoms. The Bertz CT molecular complexity index is 1030. The minimum absolute atomic E-state index is 0.169. The van der Waals surface area contributed by atoms with Crippen molar-refractivity contribution in [2.24, 2.45) is 29.1 Å². The van der Waals surface area contributed by atoms with Crippen molar-refractivity contribution in [2.45, 2.75) is 141 Å². The lowest BCUT2D eigenvalue weighted by Gasteiger charge is -2.52. The normalized spacial score (nSPS) is 39.4. The van der Waals surface area contributed by atoms with Gasteiger partial charge in [-0.15, -0.1) is 0 Å². The topological polar surface area (TPSA) is 124 Å². The lowest BCUT2D eigenvalue weighted by Crippen LogP contribution is -2.65. The molecular formula is C33H52O7. The zero-order valence-corrected chi connectivity index (χ0v) is 25.2. The highest BCUT2D eigenvalue weighted by Crippen LogP contribution is 2.76. The van der Waals surface area contributed by atoms with Gasteiger partial charge in [0.15, 0.2) is 5.78 Å². The summed E-state index contributed by atoms with van der Waals surface area (Å²) in [6.45, 7) is 9.34. The van der Waals surface area contributed by atoms with Crippen LogP contribution < -0.4 is 0 Å². The number of carbonyl (C=O) groups excluding carboxylic acids is 2. The van der Waals surface area contributed by atoms with E-state index in [-0.39, 0.29) is 24.6 Å². The van der Waals surface area contributed by atoms with Crippen molar-refractivity contribution in [2.75, 3.05) is 0 Å². The summed E-state index contributed by atoms with van der Waals surface area (Å²) in [5.74, 6) is -4.07. The second kappa shape index (κ2) is 11.5. The molecule has 8 atom stereocenters. The van der Waals surface area contributed by atoms with E-state index in [0.29, 0.717) is 5.57 Å². The van der Waals surface area contributed by atoms with Crippen LogP contribution in [0.5, 0.6) is 0 Å². The van der Waals surface area contributed by atoms with Crippen molar-refractivity contribution in [3.05, 3.63) is 23.5 Å². The number of ketones is 1. The van der Waals surface area contributed by atoms with Crippen molar-refractivity contribution >= 4 is 11.8 Å². The SMILES string of the molecule is CCCCCCCCCCCCCC(=O)O[C@@]12[C@H](O)[C@@H](C)[C@@]3(O)[C@@H](C=C(O)C[C@]4(O)C(=O)C(C)=C[C@@H]34)[C@@H]1C2(C)C. The van der Waals surface area contributed by atoms with Gasteiger partial charge in [0.25, 0.3) is 0 Å². The van der Waals surface area contributed by atoms with E-state index < -0.39 is 57.8 Å². The molecule has 2 fully saturated rings. The molecule has 40 heavy (non-hydrogen) atoms. The highest BCUT2D eigenvalue weighted by atomic mass is 16.6. The fraction of sp³-hybridized carbons (Fsp3) is 0.818. The first-order chi connectivity index (χ1) is 18.8. The molecule has 0 spiro atoms. The van der Waals surface area contributed by atoms with Crippen LogP contribution in [-0.2, 0) is 14.3 Å². The molecule has 0 aromatic heterocycles. The van der Waals surface area contributed by atoms with E-state index in [9.17, 15) is 30.0 Å². The number of unbranched alkanes of at least 4 members (excludes halogenated alkanes) is 10. The van der Waals surface area contributed by atoms with E-state index in [1.165, 1.54) is 57.4 Å². The molecule has 0 heterocycles. The standard InChI is InChI=1S/C33H52O7/c1-6-7-8-9-10-11-12-13-14-15-16-17-26(35)40-33-27(30(33,4)5)24-19-23(34)20-31(38)25(18-21(2)28(31)36)32(24,39)22(3)29(33)37/h18-19,22,24-25,27,29,34,37-39H,6-17,20H2,1-5H3/t22-,24+,25-,27-,29-,31-,32-,33-/m1/s1. The van der Waals surface area contributed by atoms with Crippen molar-refractivity contribution in [1.29, 1.82) is 0 Å². The third kappa shape index (κ3) is 4.88. The van der Waals surface area contributed by atoms with Crippen LogP contribution in [0, 0.1) is 29.1 Å². The summed E-state index contributed by atoms with van der Waals surface area (Å²) in [4.78, 5) is 26.0. The molecule has 0 saturated heterocycles. The second-order valence-corrected chi connectivity index (χ2v) is 13.8. The van der Waals surface area contributed by atoms with Gasteiger partial charge in [-0.2, -0.15) is 0 Å². The number of hydrogen-bond acceptors (Lipinski definition) is 7. The smallest absolute Gasteiger partial charge is 0.306 e. The Kier molecular flexibility index (Phi) is 9.00. The molecule has 0 amide bonds. The van der Waals surface area contributed by atoms with E-state index in [0.717, 1.165) is 19.3 Å². The zero-order chi connectivity index (χ0) is 29.5. The van der Waals surface area contributed by atoms with Gasteiger partial charge >= 0.3 is 5.97 Å². The van der Waals surface area contributed by atoms with Crippen LogP contribution in [-0.4, -0.2) is 55.1 Å². The first kappa shape index (κ1) is 31.2. The monoisotopic (exact) mass is 560 g/mol. The summed E-state index contributed by atoms with van der Waals surface area (Å²) >= 11 is 0. The van der Waals surface area contributed by atoms with Crippen molar-refractivity contribution < 1.29 is 34.8 Å². The highest BCUT2D eigenvalue weighted by molar-refractivity contribution is 6.04. The summed E-state index contributed by atoms with van der Waals surface area (Å²) < 4.78 is 6.14. The number of esters is 1. The van der Waals surface area contributed by atoms with Gasteiger partial charge in [0, 0.05) is 41.9 Å².